The zero-order chi connectivity index (χ0) is 9.78. The van der Waals surface area contributed by atoms with Gasteiger partial charge in [0.1, 0.15) is 6.04 Å². The van der Waals surface area contributed by atoms with Crippen LogP contribution in [-0.4, -0.2) is 42.6 Å². The largest absolute Gasteiger partial charge is 0.480 e. The molecule has 0 aliphatic rings. The number of carboxylic acid groups (broad SMARTS) is 1. The van der Waals surface area contributed by atoms with Gasteiger partial charge in [-0.15, -0.1) is 0 Å². The van der Waals surface area contributed by atoms with E-state index in [9.17, 15) is 13.2 Å². The zero-order valence-electron chi connectivity index (χ0n) is 6.00. The molecule has 0 aromatic carbocycles. The van der Waals surface area contributed by atoms with Gasteiger partial charge in [0, 0.05) is 0 Å². The molecule has 0 spiro atoms. The van der Waals surface area contributed by atoms with Crippen LogP contribution in [0.2, 0.25) is 0 Å². The number of rotatable bonds is 5. The molecule has 0 aromatic rings. The highest BCUT2D eigenvalue weighted by molar-refractivity contribution is 7.85. The van der Waals surface area contributed by atoms with Crippen LogP contribution in [0.25, 0.3) is 0 Å². The van der Waals surface area contributed by atoms with Crippen molar-refractivity contribution in [2.24, 2.45) is 5.73 Å². The molecule has 0 aliphatic carbocycles. The lowest BCUT2D eigenvalue weighted by Gasteiger charge is -2.05. The third-order valence-electron chi connectivity index (χ3n) is 0.847. The van der Waals surface area contributed by atoms with Crippen molar-refractivity contribution in [1.82, 2.24) is 0 Å². The molecule has 0 saturated heterocycles. The molecule has 1 atom stereocenters. The fraction of sp³-hybridized carbons (Fsp3) is 0.750. The standard InChI is InChI=1S/C4H9NO6S/c5-3(4(6)7)1-11-2-12(8,9)10/h3H,1-2,5H2,(H,6,7)(H,8,9,10). The highest BCUT2D eigenvalue weighted by Crippen LogP contribution is 1.87. The van der Waals surface area contributed by atoms with Gasteiger partial charge in [-0.2, -0.15) is 8.42 Å². The summed E-state index contributed by atoms with van der Waals surface area (Å²) in [6.07, 6.45) is 0. The molecule has 0 amide bonds. The Kier molecular flexibility index (Phi) is 4.10. The summed E-state index contributed by atoms with van der Waals surface area (Å²) in [6, 6.07) is -1.29. The Balaban J connectivity index is 3.65. The maximum atomic E-state index is 10.0. The van der Waals surface area contributed by atoms with Gasteiger partial charge >= 0.3 is 5.97 Å². The Hall–Kier alpha value is -0.700. The fourth-order valence-electron chi connectivity index (χ4n) is 0.352. The lowest BCUT2D eigenvalue weighted by Crippen LogP contribution is -2.35. The molecule has 4 N–H and O–H groups in total. The van der Waals surface area contributed by atoms with E-state index in [2.05, 4.69) is 4.74 Å². The summed E-state index contributed by atoms with van der Waals surface area (Å²) >= 11 is 0. The highest BCUT2D eigenvalue weighted by Gasteiger charge is 2.13. The van der Waals surface area contributed by atoms with Gasteiger partial charge in [-0.3, -0.25) is 9.35 Å². The molecule has 0 heterocycles. The highest BCUT2D eigenvalue weighted by atomic mass is 32.2. The van der Waals surface area contributed by atoms with Crippen LogP contribution < -0.4 is 5.73 Å². The second-order valence-corrected chi connectivity index (χ2v) is 3.41. The van der Waals surface area contributed by atoms with E-state index in [4.69, 9.17) is 15.4 Å². The molecule has 0 aromatic heterocycles. The summed E-state index contributed by atoms with van der Waals surface area (Å²) in [5, 5.41) is 8.19. The Morgan fingerprint density at radius 1 is 1.58 bits per heavy atom. The number of aliphatic carboxylic acids is 1. The van der Waals surface area contributed by atoms with Crippen LogP contribution in [0.1, 0.15) is 0 Å². The van der Waals surface area contributed by atoms with Crippen molar-refractivity contribution in [3.8, 4) is 0 Å². The molecule has 0 aliphatic heterocycles. The van der Waals surface area contributed by atoms with Crippen LogP contribution in [0.4, 0.5) is 0 Å². The average molecular weight is 199 g/mol. The summed E-state index contributed by atoms with van der Waals surface area (Å²) in [5.41, 5.74) is 4.94. The lowest BCUT2D eigenvalue weighted by molar-refractivity contribution is -0.139. The van der Waals surface area contributed by atoms with Gasteiger partial charge in [0.05, 0.1) is 6.61 Å². The van der Waals surface area contributed by atoms with Crippen LogP contribution >= 0.6 is 0 Å². The summed E-state index contributed by atoms with van der Waals surface area (Å²) in [6.45, 7) is -0.463. The van der Waals surface area contributed by atoms with E-state index in [1.807, 2.05) is 0 Å². The minimum absolute atomic E-state index is 0.463. The molecule has 7 nitrogen and oxygen atoms in total. The Bertz CT molecular complexity index is 246. The van der Waals surface area contributed by atoms with Crippen molar-refractivity contribution in [1.29, 1.82) is 0 Å². The predicted octanol–water partition coefficient (Wildman–Crippen LogP) is -1.74. The molecule has 12 heavy (non-hydrogen) atoms. The van der Waals surface area contributed by atoms with Crippen LogP contribution in [0.3, 0.4) is 0 Å². The molecule has 0 rings (SSSR count). The summed E-state index contributed by atoms with van der Waals surface area (Å²) in [7, 11) is -4.22. The van der Waals surface area contributed by atoms with Crippen molar-refractivity contribution in [2.75, 3.05) is 12.5 Å². The van der Waals surface area contributed by atoms with Crippen molar-refractivity contribution >= 4 is 16.1 Å². The summed E-state index contributed by atoms with van der Waals surface area (Å²) in [4.78, 5) is 10.0. The van der Waals surface area contributed by atoms with E-state index in [1.54, 1.807) is 0 Å². The first kappa shape index (κ1) is 11.3. The van der Waals surface area contributed by atoms with Gasteiger partial charge in [-0.25, -0.2) is 0 Å². The quantitative estimate of drug-likeness (QED) is 0.448. The number of hydrogen-bond donors (Lipinski definition) is 3. The summed E-state index contributed by atoms with van der Waals surface area (Å²) in [5.74, 6) is -2.25. The van der Waals surface area contributed by atoms with E-state index in [0.717, 1.165) is 0 Å². The third kappa shape index (κ3) is 6.04. The molecule has 1 unspecified atom stereocenters. The smallest absolute Gasteiger partial charge is 0.322 e. The second-order valence-electron chi connectivity index (χ2n) is 2.02. The summed E-state index contributed by atoms with van der Waals surface area (Å²) < 4.78 is 32.5. The van der Waals surface area contributed by atoms with Crippen molar-refractivity contribution in [3.05, 3.63) is 0 Å². The molecular formula is C4H9NO6S. The number of nitrogens with two attached hydrogens (primary N) is 1. The van der Waals surface area contributed by atoms with Crippen molar-refractivity contribution in [2.45, 2.75) is 6.04 Å². The molecule has 8 heteroatoms. The van der Waals surface area contributed by atoms with Crippen molar-refractivity contribution in [3.63, 3.8) is 0 Å². The first-order chi connectivity index (χ1) is 5.33. The minimum Gasteiger partial charge on any atom is -0.480 e. The number of ether oxygens (including phenoxy) is 1. The monoisotopic (exact) mass is 199 g/mol. The van der Waals surface area contributed by atoms with Crippen LogP contribution in [0.5, 0.6) is 0 Å². The Morgan fingerprint density at radius 3 is 2.42 bits per heavy atom. The first-order valence-corrected chi connectivity index (χ1v) is 4.45. The third-order valence-corrected chi connectivity index (χ3v) is 1.31. The van der Waals surface area contributed by atoms with Gasteiger partial charge in [-0.05, 0) is 0 Å². The molecule has 0 fully saturated rings. The number of hydrogen-bond acceptors (Lipinski definition) is 5. The lowest BCUT2D eigenvalue weighted by atomic mass is 10.3. The van der Waals surface area contributed by atoms with E-state index >= 15 is 0 Å². The van der Waals surface area contributed by atoms with Crippen LogP contribution in [0.15, 0.2) is 0 Å². The molecule has 0 radical (unpaired) electrons. The molecule has 0 saturated carbocycles. The van der Waals surface area contributed by atoms with Crippen molar-refractivity contribution < 1.29 is 27.6 Å². The van der Waals surface area contributed by atoms with Gasteiger partial charge in [0.2, 0.25) is 0 Å². The van der Waals surface area contributed by atoms with Gasteiger partial charge in [-0.1, -0.05) is 0 Å². The van der Waals surface area contributed by atoms with Gasteiger partial charge < -0.3 is 15.6 Å². The minimum atomic E-state index is -4.22. The van der Waals surface area contributed by atoms with Crippen LogP contribution in [0, 0.1) is 0 Å². The van der Waals surface area contributed by atoms with Gasteiger partial charge in [0.15, 0.2) is 5.94 Å². The van der Waals surface area contributed by atoms with E-state index in [0.29, 0.717) is 0 Å². The predicted molar refractivity (Wildman–Crippen MR) is 38.0 cm³/mol. The topological polar surface area (TPSA) is 127 Å². The SMILES string of the molecule is NC(COCS(=O)(=O)O)C(=O)O. The van der Waals surface area contributed by atoms with E-state index in [-0.39, 0.29) is 0 Å². The van der Waals surface area contributed by atoms with E-state index < -0.39 is 34.7 Å². The number of carbonyl (C=O) groups is 1. The first-order valence-electron chi connectivity index (χ1n) is 2.84. The Morgan fingerprint density at radius 2 is 2.08 bits per heavy atom. The Labute approximate surface area is 68.9 Å². The molecule has 0 bridgehead atoms. The zero-order valence-corrected chi connectivity index (χ0v) is 6.82. The average Bonchev–Trinajstić information content (AvgIpc) is 1.84. The molecular weight excluding hydrogens is 190 g/mol. The molecule has 72 valence electrons. The van der Waals surface area contributed by atoms with Crippen LogP contribution in [-0.2, 0) is 19.6 Å². The maximum Gasteiger partial charge on any atom is 0.322 e. The second kappa shape index (κ2) is 4.36. The van der Waals surface area contributed by atoms with E-state index in [1.165, 1.54) is 0 Å². The number of carboxylic acids is 1. The fourth-order valence-corrected chi connectivity index (χ4v) is 0.659. The maximum absolute atomic E-state index is 10.0. The normalized spacial score (nSPS) is 14.2. The van der Waals surface area contributed by atoms with Gasteiger partial charge in [0.25, 0.3) is 10.1 Å².